The van der Waals surface area contributed by atoms with Gasteiger partial charge in [-0.1, -0.05) is 42.5 Å². The SMILES string of the molecule is CC(=O)NCCn1c([C@@H]2CCCN(C(=O)C[C@H](N)Cc3ccc(-c4ccc5c(c4)OCCO5)cc3)C2)nc2c(C)cccc21. The second-order valence-corrected chi connectivity index (χ2v) is 11.9. The average molecular weight is 596 g/mol. The minimum absolute atomic E-state index is 0.0473. The van der Waals surface area contributed by atoms with Crippen LogP contribution >= 0.6 is 0 Å². The number of hydrogen-bond acceptors (Lipinski definition) is 6. The van der Waals surface area contributed by atoms with Gasteiger partial charge >= 0.3 is 0 Å². The number of aromatic nitrogens is 2. The Hall–Kier alpha value is -4.37. The topological polar surface area (TPSA) is 112 Å². The number of carbonyl (C=O) groups is 2. The minimum Gasteiger partial charge on any atom is -0.486 e. The van der Waals surface area contributed by atoms with Crippen LogP contribution in [-0.4, -0.2) is 65.2 Å². The van der Waals surface area contributed by atoms with Gasteiger partial charge in [-0.2, -0.15) is 0 Å². The number of benzene rings is 3. The first-order chi connectivity index (χ1) is 21.4. The van der Waals surface area contributed by atoms with Gasteiger partial charge in [0.05, 0.1) is 11.0 Å². The number of nitrogens with zero attached hydrogens (tertiary/aromatic N) is 3. The van der Waals surface area contributed by atoms with Crippen molar-refractivity contribution in [1.29, 1.82) is 0 Å². The molecule has 3 heterocycles. The number of piperidine rings is 1. The molecule has 0 radical (unpaired) electrons. The van der Waals surface area contributed by atoms with Crippen LogP contribution in [0.3, 0.4) is 0 Å². The molecule has 9 heteroatoms. The van der Waals surface area contributed by atoms with Crippen LogP contribution in [0.4, 0.5) is 0 Å². The van der Waals surface area contributed by atoms with E-state index in [2.05, 4.69) is 53.2 Å². The number of likely N-dealkylation sites (tertiary alicyclic amines) is 1. The Bertz CT molecular complexity index is 1650. The molecule has 1 saturated heterocycles. The molecular formula is C35H41N5O4. The molecule has 1 aromatic heterocycles. The molecule has 0 bridgehead atoms. The van der Waals surface area contributed by atoms with Crippen LogP contribution < -0.4 is 20.5 Å². The van der Waals surface area contributed by atoms with Gasteiger partial charge in [0.1, 0.15) is 19.0 Å². The lowest BCUT2D eigenvalue weighted by atomic mass is 9.95. The number of fused-ring (bicyclic) bond motifs is 2. The lowest BCUT2D eigenvalue weighted by molar-refractivity contribution is -0.132. The van der Waals surface area contributed by atoms with E-state index >= 15 is 0 Å². The number of nitrogens with one attached hydrogen (secondary N) is 1. The number of ether oxygens (including phenoxy) is 2. The molecule has 2 amide bonds. The van der Waals surface area contributed by atoms with Gasteiger partial charge in [0, 0.05) is 51.5 Å². The van der Waals surface area contributed by atoms with E-state index in [0.717, 1.165) is 70.0 Å². The van der Waals surface area contributed by atoms with Crippen molar-refractivity contribution in [2.24, 2.45) is 5.73 Å². The fourth-order valence-electron chi connectivity index (χ4n) is 6.39. The highest BCUT2D eigenvalue weighted by Gasteiger charge is 2.29. The summed E-state index contributed by atoms with van der Waals surface area (Å²) < 4.78 is 13.6. The molecule has 2 atom stereocenters. The maximum Gasteiger partial charge on any atom is 0.224 e. The maximum absolute atomic E-state index is 13.4. The summed E-state index contributed by atoms with van der Waals surface area (Å²) >= 11 is 0. The Morgan fingerprint density at radius 3 is 2.61 bits per heavy atom. The molecule has 3 N–H and O–H groups in total. The monoisotopic (exact) mass is 595 g/mol. The quantitative estimate of drug-likeness (QED) is 0.293. The molecule has 0 unspecified atom stereocenters. The Balaban J connectivity index is 1.09. The smallest absolute Gasteiger partial charge is 0.224 e. The van der Waals surface area contributed by atoms with Crippen molar-refractivity contribution < 1.29 is 19.1 Å². The van der Waals surface area contributed by atoms with Gasteiger partial charge in [0.2, 0.25) is 11.8 Å². The molecule has 9 nitrogen and oxygen atoms in total. The van der Waals surface area contributed by atoms with E-state index in [4.69, 9.17) is 20.2 Å². The van der Waals surface area contributed by atoms with Crippen LogP contribution in [0.5, 0.6) is 11.5 Å². The molecule has 0 saturated carbocycles. The van der Waals surface area contributed by atoms with Crippen LogP contribution in [0, 0.1) is 6.92 Å². The molecule has 2 aliphatic heterocycles. The van der Waals surface area contributed by atoms with Gasteiger partial charge in [-0.25, -0.2) is 4.98 Å². The van der Waals surface area contributed by atoms with Gasteiger partial charge in [-0.3, -0.25) is 9.59 Å². The number of hydrogen-bond donors (Lipinski definition) is 2. The summed E-state index contributed by atoms with van der Waals surface area (Å²) in [4.78, 5) is 32.0. The van der Waals surface area contributed by atoms with E-state index in [1.54, 1.807) is 0 Å². The largest absolute Gasteiger partial charge is 0.486 e. The van der Waals surface area contributed by atoms with Crippen molar-refractivity contribution in [3.05, 3.63) is 77.6 Å². The van der Waals surface area contributed by atoms with Crippen molar-refractivity contribution in [2.75, 3.05) is 32.8 Å². The van der Waals surface area contributed by atoms with Gasteiger partial charge in [0.15, 0.2) is 11.5 Å². The van der Waals surface area contributed by atoms with E-state index < -0.39 is 0 Å². The second kappa shape index (κ2) is 13.1. The highest BCUT2D eigenvalue weighted by molar-refractivity contribution is 5.80. The van der Waals surface area contributed by atoms with Gasteiger partial charge in [-0.05, 0) is 66.6 Å². The zero-order valence-corrected chi connectivity index (χ0v) is 25.6. The fraction of sp³-hybridized carbons (Fsp3) is 0.400. The highest BCUT2D eigenvalue weighted by Crippen LogP contribution is 2.35. The number of amides is 2. The molecule has 230 valence electrons. The number of carbonyl (C=O) groups excluding carboxylic acids is 2. The van der Waals surface area contributed by atoms with Crippen LogP contribution in [0.15, 0.2) is 60.7 Å². The number of rotatable bonds is 9. The van der Waals surface area contributed by atoms with Gasteiger partial charge in [0.25, 0.3) is 0 Å². The summed E-state index contributed by atoms with van der Waals surface area (Å²) in [5.41, 5.74) is 13.0. The van der Waals surface area contributed by atoms with Crippen LogP contribution in [-0.2, 0) is 22.6 Å². The Morgan fingerprint density at radius 1 is 1.05 bits per heavy atom. The molecule has 44 heavy (non-hydrogen) atoms. The first-order valence-electron chi connectivity index (χ1n) is 15.6. The van der Waals surface area contributed by atoms with E-state index in [1.165, 1.54) is 6.92 Å². The van der Waals surface area contributed by atoms with Crippen molar-refractivity contribution in [2.45, 2.75) is 58.0 Å². The molecule has 4 aromatic rings. The summed E-state index contributed by atoms with van der Waals surface area (Å²) in [6.07, 6.45) is 2.81. The van der Waals surface area contributed by atoms with Crippen molar-refractivity contribution in [3.63, 3.8) is 0 Å². The van der Waals surface area contributed by atoms with Crippen LogP contribution in [0.1, 0.15) is 49.1 Å². The summed E-state index contributed by atoms with van der Waals surface area (Å²) in [6, 6.07) is 20.3. The predicted molar refractivity (Wildman–Crippen MR) is 171 cm³/mol. The molecule has 3 aromatic carbocycles. The lowest BCUT2D eigenvalue weighted by Crippen LogP contribution is -2.42. The van der Waals surface area contributed by atoms with Gasteiger partial charge in [-0.15, -0.1) is 0 Å². The molecule has 0 aliphatic carbocycles. The Labute approximate surface area is 258 Å². The standard InChI is InChI=1S/C35H41N5O4/c1-23-5-3-7-30-34(23)38-35(40(30)16-14-37-24(2)41)28-6-4-15-39(22-28)33(42)21-29(36)19-25-8-10-26(11-9-25)27-12-13-31-32(20-27)44-18-17-43-31/h3,5,7-13,20,28-29H,4,6,14-19,21-22,36H2,1-2H3,(H,37,41)/t28-,29-/m1/s1. The van der Waals surface area contributed by atoms with E-state index in [-0.39, 0.29) is 23.8 Å². The third-order valence-corrected chi connectivity index (χ3v) is 8.62. The van der Waals surface area contributed by atoms with Crippen LogP contribution in [0.2, 0.25) is 0 Å². The molecule has 1 fully saturated rings. The summed E-state index contributed by atoms with van der Waals surface area (Å²) in [7, 11) is 0. The number of aryl methyl sites for hydroxylation is 1. The molecule has 2 aliphatic rings. The van der Waals surface area contributed by atoms with E-state index in [1.807, 2.05) is 29.2 Å². The zero-order chi connectivity index (χ0) is 30.6. The second-order valence-electron chi connectivity index (χ2n) is 11.9. The first-order valence-corrected chi connectivity index (χ1v) is 15.6. The summed E-state index contributed by atoms with van der Waals surface area (Å²) in [5, 5.41) is 2.91. The normalized spacial score (nSPS) is 17.0. The third-order valence-electron chi connectivity index (χ3n) is 8.62. The first kappa shape index (κ1) is 29.7. The van der Waals surface area contributed by atoms with Gasteiger partial charge < -0.3 is 30.0 Å². The average Bonchev–Trinajstić information content (AvgIpc) is 3.41. The lowest BCUT2D eigenvalue weighted by Gasteiger charge is -2.33. The number of para-hydroxylation sites is 1. The van der Waals surface area contributed by atoms with E-state index in [9.17, 15) is 9.59 Å². The Morgan fingerprint density at radius 2 is 1.82 bits per heavy atom. The van der Waals surface area contributed by atoms with Crippen LogP contribution in [0.25, 0.3) is 22.2 Å². The minimum atomic E-state index is -0.270. The predicted octanol–water partition coefficient (Wildman–Crippen LogP) is 4.59. The summed E-state index contributed by atoms with van der Waals surface area (Å²) in [6.45, 7) is 7.26. The Kier molecular flexibility index (Phi) is 8.84. The van der Waals surface area contributed by atoms with E-state index in [0.29, 0.717) is 45.7 Å². The third kappa shape index (κ3) is 6.58. The molecule has 6 rings (SSSR count). The molecule has 0 spiro atoms. The fourth-order valence-corrected chi connectivity index (χ4v) is 6.39. The number of nitrogens with two attached hydrogens (primary N) is 1. The molecular weight excluding hydrogens is 554 g/mol. The zero-order valence-electron chi connectivity index (χ0n) is 25.6. The van der Waals surface area contributed by atoms with Crippen molar-refractivity contribution in [3.8, 4) is 22.6 Å². The number of imidazole rings is 1. The van der Waals surface area contributed by atoms with Crippen molar-refractivity contribution >= 4 is 22.8 Å². The van der Waals surface area contributed by atoms with Crippen molar-refractivity contribution in [1.82, 2.24) is 19.8 Å². The highest BCUT2D eigenvalue weighted by atomic mass is 16.6. The maximum atomic E-state index is 13.4. The summed E-state index contributed by atoms with van der Waals surface area (Å²) in [5.74, 6) is 2.71.